The lowest BCUT2D eigenvalue weighted by molar-refractivity contribution is -0.889. The van der Waals surface area contributed by atoms with Gasteiger partial charge in [0.25, 0.3) is 0 Å². The Bertz CT molecular complexity index is 1110. The van der Waals surface area contributed by atoms with Gasteiger partial charge in [-0.1, -0.05) is 132 Å². The van der Waals surface area contributed by atoms with Crippen LogP contribution < -0.4 is 5.11 Å². The van der Waals surface area contributed by atoms with Crippen molar-refractivity contribution in [2.45, 2.75) is 161 Å². The van der Waals surface area contributed by atoms with Crippen molar-refractivity contribution in [2.24, 2.45) is 0 Å². The second kappa shape index (κ2) is 36.7. The van der Waals surface area contributed by atoms with Crippen LogP contribution in [0.25, 0.3) is 0 Å². The summed E-state index contributed by atoms with van der Waals surface area (Å²) in [5, 5.41) is 11.6. The number of hydrogen-bond acceptors (Lipinski definition) is 7. The molecule has 0 aliphatic heterocycles. The molecule has 2 atom stereocenters. The average molecular weight is 756 g/mol. The number of ether oxygens (including phenoxy) is 3. The molecule has 0 bridgehead atoms. The predicted molar refractivity (Wildman–Crippen MR) is 222 cm³/mol. The van der Waals surface area contributed by atoms with Gasteiger partial charge in [0.05, 0.1) is 40.3 Å². The number of hydrogen-bond donors (Lipinski definition) is 0. The smallest absolute Gasteiger partial charge is 0.306 e. The van der Waals surface area contributed by atoms with Crippen LogP contribution in [0.4, 0.5) is 0 Å². The Morgan fingerprint density at radius 2 is 1.07 bits per heavy atom. The van der Waals surface area contributed by atoms with E-state index in [0.29, 0.717) is 12.8 Å². The monoisotopic (exact) mass is 756 g/mol. The maximum Gasteiger partial charge on any atom is 0.306 e. The number of unbranched alkanes of at least 4 members (excludes halogenated alkanes) is 10. The highest BCUT2D eigenvalue weighted by Crippen LogP contribution is 2.12. The van der Waals surface area contributed by atoms with E-state index >= 15 is 0 Å². The largest absolute Gasteiger partial charge is 0.544 e. The molecule has 0 aromatic heterocycles. The third kappa shape index (κ3) is 34.5. The lowest BCUT2D eigenvalue weighted by Gasteiger charge is -2.34. The zero-order valence-corrected chi connectivity index (χ0v) is 34.9. The molecule has 0 radical (unpaired) electrons. The van der Waals surface area contributed by atoms with E-state index in [1.165, 1.54) is 51.4 Å². The summed E-state index contributed by atoms with van der Waals surface area (Å²) < 4.78 is 17.0. The van der Waals surface area contributed by atoms with Crippen LogP contribution in [0.5, 0.6) is 0 Å². The number of esters is 2. The molecule has 0 fully saturated rings. The minimum Gasteiger partial charge on any atom is -0.544 e. The number of carboxylic acid groups (broad SMARTS) is 1. The number of carbonyl (C=O) groups excluding carboxylic acids is 3. The summed E-state index contributed by atoms with van der Waals surface area (Å²) in [6.07, 6.45) is 45.1. The summed E-state index contributed by atoms with van der Waals surface area (Å²) in [6, 6.07) is -0.741. The molecule has 308 valence electrons. The lowest BCUT2D eigenvalue weighted by Crippen LogP contribution is -2.55. The Kier molecular flexibility index (Phi) is 34.5. The SMILES string of the molecule is CC/C=C\C/C=C\C/C=C\C/C=C\CCC(=O)OC(COCCC(C(=O)[O-])[N+](C)(C)C)COC(=O)CCCCCCCCC/C=C\C/C=C\CCCCC. The van der Waals surface area contributed by atoms with Gasteiger partial charge in [-0.25, -0.2) is 0 Å². The van der Waals surface area contributed by atoms with Gasteiger partial charge >= 0.3 is 11.9 Å². The Morgan fingerprint density at radius 3 is 1.61 bits per heavy atom. The topological polar surface area (TPSA) is 102 Å². The minimum atomic E-state index is -1.14. The van der Waals surface area contributed by atoms with Crippen molar-refractivity contribution >= 4 is 17.9 Å². The standard InChI is InChI=1S/C46H77NO7/c1-6-8-10-12-14-16-18-20-21-22-23-25-26-28-30-32-34-36-44(48)53-41-42(40-52-39-38-43(46(50)51)47(3,4)5)54-45(49)37-35-33-31-29-27-24-19-17-15-13-11-9-7-2/h9,11,14-17,20-21,24,27,31,33,42-43H,6-8,10,12-13,18-19,22-23,25-26,28-30,32,34-41H2,1-5H3/b11-9-,16-14-,17-15-,21-20-,27-24-,33-31-. The van der Waals surface area contributed by atoms with Crippen molar-refractivity contribution in [1.29, 1.82) is 0 Å². The van der Waals surface area contributed by atoms with Gasteiger partial charge in [-0.15, -0.1) is 0 Å². The van der Waals surface area contributed by atoms with E-state index in [0.717, 1.165) is 57.8 Å². The second-order valence-electron chi connectivity index (χ2n) is 14.8. The first kappa shape index (κ1) is 50.8. The molecule has 0 heterocycles. The van der Waals surface area contributed by atoms with E-state index in [-0.39, 0.29) is 43.1 Å². The van der Waals surface area contributed by atoms with Crippen molar-refractivity contribution in [3.63, 3.8) is 0 Å². The number of rotatable bonds is 36. The summed E-state index contributed by atoms with van der Waals surface area (Å²) in [6.45, 7) is 4.41. The van der Waals surface area contributed by atoms with Crippen molar-refractivity contribution in [3.05, 3.63) is 72.9 Å². The summed E-state index contributed by atoms with van der Waals surface area (Å²) >= 11 is 0. The highest BCUT2D eigenvalue weighted by molar-refractivity contribution is 5.70. The molecule has 0 aliphatic carbocycles. The van der Waals surface area contributed by atoms with Gasteiger partial charge in [-0.3, -0.25) is 9.59 Å². The van der Waals surface area contributed by atoms with E-state index in [2.05, 4.69) is 74.6 Å². The van der Waals surface area contributed by atoms with Crippen molar-refractivity contribution in [1.82, 2.24) is 0 Å². The molecule has 0 amide bonds. The van der Waals surface area contributed by atoms with Crippen LogP contribution in [-0.2, 0) is 28.6 Å². The van der Waals surface area contributed by atoms with Crippen molar-refractivity contribution in [2.75, 3.05) is 41.0 Å². The van der Waals surface area contributed by atoms with Gasteiger partial charge < -0.3 is 28.6 Å². The first-order chi connectivity index (χ1) is 26.1. The number of carbonyl (C=O) groups is 3. The van der Waals surface area contributed by atoms with Gasteiger partial charge in [0, 0.05) is 19.3 Å². The number of quaternary nitrogens is 1. The molecule has 0 rings (SSSR count). The van der Waals surface area contributed by atoms with Crippen LogP contribution in [-0.4, -0.2) is 75.5 Å². The first-order valence-corrected chi connectivity index (χ1v) is 21.0. The third-order valence-corrected chi connectivity index (χ3v) is 8.84. The van der Waals surface area contributed by atoms with Crippen LogP contribution in [0.2, 0.25) is 0 Å². The number of carboxylic acids is 1. The van der Waals surface area contributed by atoms with Crippen molar-refractivity contribution in [3.8, 4) is 0 Å². The summed E-state index contributed by atoms with van der Waals surface area (Å²) in [7, 11) is 5.37. The molecule has 54 heavy (non-hydrogen) atoms. The van der Waals surface area contributed by atoms with Crippen LogP contribution >= 0.6 is 0 Å². The molecule has 0 aliphatic rings. The molecule has 0 N–H and O–H groups in total. The van der Waals surface area contributed by atoms with E-state index < -0.39 is 24.1 Å². The van der Waals surface area contributed by atoms with E-state index in [1.807, 2.05) is 12.2 Å². The van der Waals surface area contributed by atoms with Gasteiger partial charge in [0.1, 0.15) is 12.6 Å². The zero-order valence-electron chi connectivity index (χ0n) is 34.9. The Hall–Kier alpha value is -3.23. The van der Waals surface area contributed by atoms with Crippen molar-refractivity contribution < 1.29 is 38.2 Å². The predicted octanol–water partition coefficient (Wildman–Crippen LogP) is 9.85. The third-order valence-electron chi connectivity index (χ3n) is 8.84. The Labute approximate surface area is 330 Å². The molecule has 2 unspecified atom stereocenters. The molecular weight excluding hydrogens is 679 g/mol. The first-order valence-electron chi connectivity index (χ1n) is 21.0. The fourth-order valence-corrected chi connectivity index (χ4v) is 5.58. The number of likely N-dealkylation sites (N-methyl/N-ethyl adjacent to an activating group) is 1. The van der Waals surface area contributed by atoms with Gasteiger partial charge in [0.2, 0.25) is 0 Å². The maximum atomic E-state index is 12.6. The molecule has 0 spiro atoms. The molecule has 8 heteroatoms. The zero-order chi connectivity index (χ0) is 40.0. The summed E-state index contributed by atoms with van der Waals surface area (Å²) in [5.74, 6) is -1.86. The van der Waals surface area contributed by atoms with E-state index in [1.54, 1.807) is 21.1 Å². The Balaban J connectivity index is 4.47. The maximum absolute atomic E-state index is 12.6. The number of nitrogens with zero attached hydrogens (tertiary/aromatic N) is 1. The van der Waals surface area contributed by atoms with Gasteiger partial charge in [-0.05, 0) is 70.6 Å². The Morgan fingerprint density at radius 1 is 0.574 bits per heavy atom. The minimum absolute atomic E-state index is 0.00582. The van der Waals surface area contributed by atoms with E-state index in [9.17, 15) is 19.5 Å². The van der Waals surface area contributed by atoms with Gasteiger partial charge in [0.15, 0.2) is 6.10 Å². The molecular formula is C46H77NO7. The second-order valence-corrected chi connectivity index (χ2v) is 14.8. The average Bonchev–Trinajstić information content (AvgIpc) is 3.12. The number of allylic oxidation sites excluding steroid dienone is 12. The van der Waals surface area contributed by atoms with Crippen LogP contribution in [0.3, 0.4) is 0 Å². The number of aliphatic carboxylic acids is 1. The normalized spacial score (nSPS) is 13.7. The highest BCUT2D eigenvalue weighted by atomic mass is 16.6. The molecule has 0 saturated carbocycles. The molecule has 8 nitrogen and oxygen atoms in total. The fourth-order valence-electron chi connectivity index (χ4n) is 5.58. The van der Waals surface area contributed by atoms with Crippen LogP contribution in [0, 0.1) is 0 Å². The molecule has 0 aromatic rings. The molecule has 0 aromatic carbocycles. The fraction of sp³-hybridized carbons (Fsp3) is 0.674. The highest BCUT2D eigenvalue weighted by Gasteiger charge is 2.25. The van der Waals surface area contributed by atoms with Crippen LogP contribution in [0.15, 0.2) is 72.9 Å². The summed E-state index contributed by atoms with van der Waals surface area (Å²) in [4.78, 5) is 36.7. The summed E-state index contributed by atoms with van der Waals surface area (Å²) in [5.41, 5.74) is 0. The van der Waals surface area contributed by atoms with Gasteiger partial charge in [-0.2, -0.15) is 0 Å². The molecule has 0 saturated heterocycles. The van der Waals surface area contributed by atoms with Crippen LogP contribution in [0.1, 0.15) is 149 Å². The lowest BCUT2D eigenvalue weighted by atomic mass is 10.1. The van der Waals surface area contributed by atoms with E-state index in [4.69, 9.17) is 14.2 Å². The quantitative estimate of drug-likeness (QED) is 0.0272.